The first-order valence-corrected chi connectivity index (χ1v) is 7.47. The summed E-state index contributed by atoms with van der Waals surface area (Å²) in [5.41, 5.74) is 1.36. The zero-order chi connectivity index (χ0) is 18.4. The molecule has 2 heteroatoms. The third kappa shape index (κ3) is 5.24. The van der Waals surface area contributed by atoms with Gasteiger partial charge in [0.15, 0.2) is 0 Å². The summed E-state index contributed by atoms with van der Waals surface area (Å²) in [5, 5.41) is 0. The highest BCUT2D eigenvalue weighted by Crippen LogP contribution is 2.15. The first kappa shape index (κ1) is 10.9. The molecule has 21 heavy (non-hydrogen) atoms. The van der Waals surface area contributed by atoms with Crippen LogP contribution in [0.1, 0.15) is 30.5 Å². The zero-order valence-corrected chi connectivity index (χ0v) is 12.8. The molecule has 2 rings (SSSR count). The van der Waals surface area contributed by atoms with E-state index in [0.717, 1.165) is 18.7 Å². The average molecular weight is 287 g/mol. The topological polar surface area (TPSA) is 12.5 Å². The monoisotopic (exact) mass is 287 g/mol. The lowest BCUT2D eigenvalue weighted by Gasteiger charge is -2.18. The van der Waals surface area contributed by atoms with Gasteiger partial charge >= 0.3 is 0 Å². The van der Waals surface area contributed by atoms with Crippen molar-refractivity contribution in [1.29, 1.82) is 0 Å². The average Bonchev–Trinajstić information content (AvgIpc) is 2.64. The van der Waals surface area contributed by atoms with Crippen molar-refractivity contribution >= 4 is 0 Å². The Morgan fingerprint density at radius 3 is 2.24 bits per heavy atom. The van der Waals surface area contributed by atoms with Gasteiger partial charge in [-0.2, -0.15) is 0 Å². The predicted octanol–water partition coefficient (Wildman–Crippen LogP) is 4.00. The molecule has 0 saturated heterocycles. The van der Waals surface area contributed by atoms with Crippen molar-refractivity contribution in [1.82, 2.24) is 4.90 Å². The minimum Gasteiger partial charge on any atom is -0.492 e. The van der Waals surface area contributed by atoms with Crippen molar-refractivity contribution in [3.63, 3.8) is 0 Å². The maximum absolute atomic E-state index is 8.23. The molecule has 0 bridgehead atoms. The second kappa shape index (κ2) is 8.48. The maximum Gasteiger partial charge on any atom is 0.119 e. The summed E-state index contributed by atoms with van der Waals surface area (Å²) in [4.78, 5) is 2.18. The zero-order valence-electron chi connectivity index (χ0n) is 16.8. The minimum absolute atomic E-state index is 0.0253. The quantitative estimate of drug-likeness (QED) is 0.727. The third-order valence-corrected chi connectivity index (χ3v) is 3.43. The SMILES string of the molecule is [2H]c1c([2H])c(OCCN(CC)CC)c([2H])c([2H])c1Cc1ccccc1. The lowest BCUT2D eigenvalue weighted by Crippen LogP contribution is -2.27. The van der Waals surface area contributed by atoms with Crippen LogP contribution in [0.25, 0.3) is 0 Å². The Labute approximate surface area is 134 Å². The molecule has 0 N–H and O–H groups in total. The van der Waals surface area contributed by atoms with Gasteiger partial charge in [0.25, 0.3) is 0 Å². The molecular formula is C19H25NO. The number of benzene rings is 2. The number of nitrogens with zero attached hydrogens (tertiary/aromatic N) is 1. The van der Waals surface area contributed by atoms with E-state index < -0.39 is 0 Å². The van der Waals surface area contributed by atoms with Gasteiger partial charge in [0, 0.05) is 6.54 Å². The molecule has 2 aromatic rings. The van der Waals surface area contributed by atoms with Crippen molar-refractivity contribution in [3.05, 3.63) is 65.6 Å². The first-order valence-electron chi connectivity index (χ1n) is 9.47. The molecule has 0 aliphatic carbocycles. The van der Waals surface area contributed by atoms with Crippen LogP contribution in [0.5, 0.6) is 5.75 Å². The highest BCUT2D eigenvalue weighted by atomic mass is 16.5. The Morgan fingerprint density at radius 1 is 0.952 bits per heavy atom. The normalized spacial score (nSPS) is 13.5. The summed E-state index contributed by atoms with van der Waals surface area (Å²) in [6.45, 7) is 6.99. The van der Waals surface area contributed by atoms with E-state index in [-0.39, 0.29) is 29.9 Å². The Hall–Kier alpha value is -1.80. The van der Waals surface area contributed by atoms with Gasteiger partial charge in [-0.15, -0.1) is 0 Å². The molecule has 2 nitrogen and oxygen atoms in total. The van der Waals surface area contributed by atoms with Crippen molar-refractivity contribution in [3.8, 4) is 5.75 Å². The molecule has 0 spiro atoms. The van der Waals surface area contributed by atoms with Crippen LogP contribution < -0.4 is 4.74 Å². The van der Waals surface area contributed by atoms with Crippen LogP contribution >= 0.6 is 0 Å². The summed E-state index contributed by atoms with van der Waals surface area (Å²) in [6, 6.07) is 9.28. The lowest BCUT2D eigenvalue weighted by atomic mass is 10.1. The van der Waals surface area contributed by atoms with Crippen LogP contribution in [-0.4, -0.2) is 31.1 Å². The summed E-state index contributed by atoms with van der Waals surface area (Å²) in [7, 11) is 0. The fraction of sp³-hybridized carbons (Fsp3) is 0.368. The summed E-state index contributed by atoms with van der Waals surface area (Å²) >= 11 is 0. The van der Waals surface area contributed by atoms with Gasteiger partial charge in [-0.05, 0) is 42.7 Å². The molecule has 0 heterocycles. The number of hydrogen-bond donors (Lipinski definition) is 0. The van der Waals surface area contributed by atoms with E-state index in [2.05, 4.69) is 18.7 Å². The third-order valence-electron chi connectivity index (χ3n) is 3.43. The molecule has 0 atom stereocenters. The standard InChI is InChI=1S/C19H25NO/c1-3-20(4-2)14-15-21-19-12-10-18(11-13-19)16-17-8-6-5-7-9-17/h5-13H,3-4,14-16H2,1-2H3/i10D,11D,12D,13D. The smallest absolute Gasteiger partial charge is 0.119 e. The minimum atomic E-state index is -0.105. The molecule has 0 aliphatic rings. The Kier molecular flexibility index (Phi) is 4.38. The Bertz CT molecular complexity index is 673. The van der Waals surface area contributed by atoms with Crippen molar-refractivity contribution < 1.29 is 10.2 Å². The van der Waals surface area contributed by atoms with Crippen LogP contribution in [0, 0.1) is 0 Å². The fourth-order valence-electron chi connectivity index (χ4n) is 2.10. The van der Waals surface area contributed by atoms with Gasteiger partial charge in [-0.25, -0.2) is 0 Å². The summed E-state index contributed by atoms with van der Waals surface area (Å²) in [5.74, 6) is 0.0407. The van der Waals surface area contributed by atoms with E-state index in [1.165, 1.54) is 0 Å². The molecule has 0 aromatic heterocycles. The second-order valence-electron chi connectivity index (χ2n) is 4.85. The number of hydrogen-bond acceptors (Lipinski definition) is 2. The van der Waals surface area contributed by atoms with Gasteiger partial charge in [0.2, 0.25) is 0 Å². The fourth-order valence-corrected chi connectivity index (χ4v) is 2.10. The van der Waals surface area contributed by atoms with E-state index in [9.17, 15) is 0 Å². The largest absolute Gasteiger partial charge is 0.492 e. The van der Waals surface area contributed by atoms with E-state index in [1.807, 2.05) is 30.3 Å². The highest BCUT2D eigenvalue weighted by Gasteiger charge is 2.00. The van der Waals surface area contributed by atoms with Crippen LogP contribution in [0.3, 0.4) is 0 Å². The number of likely N-dealkylation sites (N-methyl/N-ethyl adjacent to an activating group) is 1. The molecule has 0 aliphatic heterocycles. The highest BCUT2D eigenvalue weighted by molar-refractivity contribution is 5.31. The maximum atomic E-state index is 8.23. The van der Waals surface area contributed by atoms with Gasteiger partial charge < -0.3 is 9.64 Å². The van der Waals surface area contributed by atoms with Crippen LogP contribution in [0.2, 0.25) is 0 Å². The molecule has 0 radical (unpaired) electrons. The molecule has 112 valence electrons. The van der Waals surface area contributed by atoms with Gasteiger partial charge in [-0.3, -0.25) is 0 Å². The molecule has 0 saturated carbocycles. The lowest BCUT2D eigenvalue weighted by molar-refractivity contribution is 0.223. The first-order chi connectivity index (χ1) is 12.0. The molecule has 0 fully saturated rings. The predicted molar refractivity (Wildman–Crippen MR) is 89.0 cm³/mol. The molecular weight excluding hydrogens is 258 g/mol. The van der Waals surface area contributed by atoms with Gasteiger partial charge in [-0.1, -0.05) is 56.3 Å². The van der Waals surface area contributed by atoms with E-state index in [4.69, 9.17) is 10.2 Å². The Morgan fingerprint density at radius 2 is 1.62 bits per heavy atom. The van der Waals surface area contributed by atoms with E-state index >= 15 is 0 Å². The van der Waals surface area contributed by atoms with Crippen LogP contribution in [0.4, 0.5) is 0 Å². The van der Waals surface area contributed by atoms with Gasteiger partial charge in [0.05, 0.1) is 5.48 Å². The van der Waals surface area contributed by atoms with Crippen molar-refractivity contribution in [2.75, 3.05) is 26.2 Å². The van der Waals surface area contributed by atoms with Crippen LogP contribution in [-0.2, 0) is 6.42 Å². The second-order valence-corrected chi connectivity index (χ2v) is 4.85. The van der Waals surface area contributed by atoms with Gasteiger partial charge in [0.1, 0.15) is 12.4 Å². The van der Waals surface area contributed by atoms with E-state index in [0.29, 0.717) is 25.1 Å². The van der Waals surface area contributed by atoms with Crippen molar-refractivity contribution in [2.24, 2.45) is 0 Å². The van der Waals surface area contributed by atoms with E-state index in [1.54, 1.807) is 0 Å². The Balaban J connectivity index is 2.23. The van der Waals surface area contributed by atoms with Crippen LogP contribution in [0.15, 0.2) is 54.5 Å². The summed E-state index contributed by atoms with van der Waals surface area (Å²) < 4.78 is 38.5. The summed E-state index contributed by atoms with van der Waals surface area (Å²) in [6.07, 6.45) is 0.371. The number of ether oxygens (including phenoxy) is 1. The van der Waals surface area contributed by atoms with Crippen molar-refractivity contribution in [2.45, 2.75) is 20.3 Å². The molecule has 2 aromatic carbocycles. The molecule has 0 unspecified atom stereocenters. The number of rotatable bonds is 8. The molecule has 0 amide bonds.